The van der Waals surface area contributed by atoms with Gasteiger partial charge in [0.1, 0.15) is 0 Å². The quantitative estimate of drug-likeness (QED) is 0.538. The van der Waals surface area contributed by atoms with Crippen molar-refractivity contribution in [2.75, 3.05) is 6.61 Å². The minimum Gasteiger partial charge on any atom is -0.409 e. The molecule has 2 unspecified atom stereocenters. The number of ether oxygens (including phenoxy) is 1. The van der Waals surface area contributed by atoms with Gasteiger partial charge in [0.05, 0.1) is 17.9 Å². The van der Waals surface area contributed by atoms with Gasteiger partial charge in [0, 0.05) is 0 Å². The number of hydrogen-bond donors (Lipinski definition) is 0. The van der Waals surface area contributed by atoms with Gasteiger partial charge in [-0.15, -0.1) is 0 Å². The SMILES string of the molecule is C=C(C)COC(CC)[Si]1(C)CCC(C)(C)C(C)(C)O1. The van der Waals surface area contributed by atoms with Crippen LogP contribution >= 0.6 is 0 Å². The van der Waals surface area contributed by atoms with Crippen LogP contribution in [0, 0.1) is 5.41 Å². The second-order valence-electron chi connectivity index (χ2n) is 7.47. The Morgan fingerprint density at radius 2 is 1.95 bits per heavy atom. The molecule has 19 heavy (non-hydrogen) atoms. The van der Waals surface area contributed by atoms with Crippen LogP contribution in [0.25, 0.3) is 0 Å². The fourth-order valence-corrected chi connectivity index (χ4v) is 7.25. The van der Waals surface area contributed by atoms with Gasteiger partial charge in [-0.25, -0.2) is 0 Å². The summed E-state index contributed by atoms with van der Waals surface area (Å²) in [6.07, 6.45) is 2.27. The summed E-state index contributed by atoms with van der Waals surface area (Å²) < 4.78 is 12.7. The van der Waals surface area contributed by atoms with Crippen molar-refractivity contribution in [2.24, 2.45) is 5.41 Å². The Morgan fingerprint density at radius 1 is 1.37 bits per heavy atom. The molecular formula is C16H32O2Si. The van der Waals surface area contributed by atoms with Crippen molar-refractivity contribution < 1.29 is 9.16 Å². The van der Waals surface area contributed by atoms with Gasteiger partial charge < -0.3 is 9.16 Å². The Balaban J connectivity index is 2.82. The number of rotatable bonds is 5. The Kier molecular flexibility index (Phi) is 5.08. The normalized spacial score (nSPS) is 30.9. The summed E-state index contributed by atoms with van der Waals surface area (Å²) in [7, 11) is -1.82. The molecule has 2 atom stereocenters. The first-order valence-corrected chi connectivity index (χ1v) is 10.2. The van der Waals surface area contributed by atoms with E-state index in [4.69, 9.17) is 9.16 Å². The zero-order chi connectivity index (χ0) is 14.9. The first-order chi connectivity index (χ1) is 8.54. The van der Waals surface area contributed by atoms with E-state index in [-0.39, 0.29) is 16.7 Å². The highest BCUT2D eigenvalue weighted by molar-refractivity contribution is 6.74. The standard InChI is InChI=1S/C16H32O2Si/c1-9-14(17-12-13(2)3)19(8)11-10-15(4,5)16(6,7)18-19/h14H,2,9-12H2,1,3-8H3. The summed E-state index contributed by atoms with van der Waals surface area (Å²) in [5, 5.41) is 0. The molecule has 1 saturated heterocycles. The Bertz CT molecular complexity index is 336. The highest BCUT2D eigenvalue weighted by Crippen LogP contribution is 2.47. The van der Waals surface area contributed by atoms with Crippen LogP contribution in [-0.2, 0) is 9.16 Å². The first kappa shape index (κ1) is 16.9. The van der Waals surface area contributed by atoms with E-state index in [0.717, 1.165) is 12.0 Å². The molecule has 0 spiro atoms. The van der Waals surface area contributed by atoms with E-state index in [0.29, 0.717) is 6.61 Å². The fraction of sp³-hybridized carbons (Fsp3) is 0.875. The van der Waals surface area contributed by atoms with Gasteiger partial charge in [-0.1, -0.05) is 32.9 Å². The van der Waals surface area contributed by atoms with Crippen LogP contribution in [-0.4, -0.2) is 26.3 Å². The Morgan fingerprint density at radius 3 is 2.37 bits per heavy atom. The third kappa shape index (κ3) is 3.70. The molecule has 1 fully saturated rings. The van der Waals surface area contributed by atoms with E-state index in [2.05, 4.69) is 47.7 Å². The van der Waals surface area contributed by atoms with Gasteiger partial charge in [-0.2, -0.15) is 0 Å². The maximum absolute atomic E-state index is 6.65. The summed E-state index contributed by atoms with van der Waals surface area (Å²) in [4.78, 5) is 0. The molecule has 0 saturated carbocycles. The largest absolute Gasteiger partial charge is 0.409 e. The van der Waals surface area contributed by atoms with Gasteiger partial charge in [0.15, 0.2) is 0 Å². The fourth-order valence-electron chi connectivity index (χ4n) is 2.83. The minimum absolute atomic E-state index is 0.0633. The smallest absolute Gasteiger partial charge is 0.218 e. The summed E-state index contributed by atoms with van der Waals surface area (Å²) >= 11 is 0. The van der Waals surface area contributed by atoms with E-state index >= 15 is 0 Å². The average Bonchev–Trinajstić information content (AvgIpc) is 2.24. The summed E-state index contributed by atoms with van der Waals surface area (Å²) in [5.41, 5.74) is 1.55. The van der Waals surface area contributed by atoms with E-state index < -0.39 is 8.32 Å². The number of hydrogen-bond acceptors (Lipinski definition) is 2. The van der Waals surface area contributed by atoms with Crippen molar-refractivity contribution in [3.8, 4) is 0 Å². The summed E-state index contributed by atoms with van der Waals surface area (Å²) in [5.74, 6) is 0. The Hall–Kier alpha value is -0.123. The molecule has 0 amide bonds. The van der Waals surface area contributed by atoms with Crippen molar-refractivity contribution in [2.45, 2.75) is 78.3 Å². The van der Waals surface area contributed by atoms with Gasteiger partial charge in [-0.05, 0) is 51.6 Å². The molecule has 0 radical (unpaired) electrons. The lowest BCUT2D eigenvalue weighted by atomic mass is 9.75. The van der Waals surface area contributed by atoms with Crippen molar-refractivity contribution in [3.05, 3.63) is 12.2 Å². The molecule has 0 bridgehead atoms. The molecule has 0 aliphatic carbocycles. The van der Waals surface area contributed by atoms with Crippen molar-refractivity contribution in [3.63, 3.8) is 0 Å². The van der Waals surface area contributed by atoms with E-state index in [1.165, 1.54) is 12.5 Å². The molecule has 1 aliphatic rings. The van der Waals surface area contributed by atoms with Crippen LogP contribution in [0.15, 0.2) is 12.2 Å². The lowest BCUT2D eigenvalue weighted by molar-refractivity contribution is -0.0544. The molecule has 1 rings (SSSR count). The monoisotopic (exact) mass is 284 g/mol. The van der Waals surface area contributed by atoms with E-state index in [1.54, 1.807) is 0 Å². The van der Waals surface area contributed by atoms with Crippen molar-refractivity contribution in [1.29, 1.82) is 0 Å². The maximum Gasteiger partial charge on any atom is 0.218 e. The molecule has 3 heteroatoms. The van der Waals surface area contributed by atoms with Crippen LogP contribution in [0.2, 0.25) is 12.6 Å². The molecule has 1 heterocycles. The third-order valence-corrected chi connectivity index (χ3v) is 9.10. The molecule has 112 valence electrons. The van der Waals surface area contributed by atoms with E-state index in [9.17, 15) is 0 Å². The first-order valence-electron chi connectivity index (χ1n) is 7.50. The molecular weight excluding hydrogens is 252 g/mol. The van der Waals surface area contributed by atoms with Gasteiger partial charge in [0.2, 0.25) is 8.32 Å². The molecule has 0 N–H and O–H groups in total. The van der Waals surface area contributed by atoms with Crippen LogP contribution in [0.5, 0.6) is 0 Å². The van der Waals surface area contributed by atoms with Gasteiger partial charge >= 0.3 is 0 Å². The van der Waals surface area contributed by atoms with Crippen molar-refractivity contribution in [1.82, 2.24) is 0 Å². The van der Waals surface area contributed by atoms with Gasteiger partial charge in [0.25, 0.3) is 0 Å². The minimum atomic E-state index is -1.82. The molecule has 0 aromatic rings. The lowest BCUT2D eigenvalue weighted by Crippen LogP contribution is -2.61. The Labute approximate surface area is 120 Å². The second kappa shape index (κ2) is 5.70. The van der Waals surface area contributed by atoms with Crippen molar-refractivity contribution >= 4 is 8.32 Å². The molecule has 2 nitrogen and oxygen atoms in total. The highest BCUT2D eigenvalue weighted by Gasteiger charge is 2.52. The topological polar surface area (TPSA) is 18.5 Å². The predicted octanol–water partition coefficient (Wildman–Crippen LogP) is 4.70. The van der Waals surface area contributed by atoms with E-state index in [1.807, 2.05) is 6.92 Å². The highest BCUT2D eigenvalue weighted by atomic mass is 28.4. The van der Waals surface area contributed by atoms with Crippen LogP contribution in [0.4, 0.5) is 0 Å². The lowest BCUT2D eigenvalue weighted by Gasteiger charge is -2.54. The van der Waals surface area contributed by atoms with Crippen LogP contribution < -0.4 is 0 Å². The van der Waals surface area contributed by atoms with Crippen LogP contribution in [0.1, 0.15) is 54.4 Å². The van der Waals surface area contributed by atoms with Gasteiger partial charge in [-0.3, -0.25) is 0 Å². The average molecular weight is 285 g/mol. The molecule has 0 aromatic heterocycles. The predicted molar refractivity (Wildman–Crippen MR) is 84.8 cm³/mol. The maximum atomic E-state index is 6.65. The zero-order valence-electron chi connectivity index (χ0n) is 13.9. The summed E-state index contributed by atoms with van der Waals surface area (Å²) in [6, 6.07) is 1.19. The molecule has 0 aromatic carbocycles. The van der Waals surface area contributed by atoms with Crippen LogP contribution in [0.3, 0.4) is 0 Å². The third-order valence-electron chi connectivity index (χ3n) is 4.95. The molecule has 1 aliphatic heterocycles. The zero-order valence-corrected chi connectivity index (χ0v) is 14.9. The summed E-state index contributed by atoms with van der Waals surface area (Å²) in [6.45, 7) is 20.3. The second-order valence-corrected chi connectivity index (χ2v) is 11.4.